The van der Waals surface area contributed by atoms with E-state index in [4.69, 9.17) is 9.47 Å². The van der Waals surface area contributed by atoms with Gasteiger partial charge in [0.05, 0.1) is 6.10 Å². The summed E-state index contributed by atoms with van der Waals surface area (Å²) in [7, 11) is 0.876. The number of halogens is 3. The molecule has 1 aromatic heterocycles. The minimum Gasteiger partial charge on any atom is -0.460 e. The highest BCUT2D eigenvalue weighted by molar-refractivity contribution is 5.82. The summed E-state index contributed by atoms with van der Waals surface area (Å²) in [6.07, 6.45) is -1.83. The standard InChI is InChI=1S/C25H30F3NO3/c1-16(11-12-19-15-20-17(2)29-14-13-21(20)23(19,3)4)32-22(30)24(31-5,25(26,27)28)18-9-7-6-8-10-18/h6-10,13-14,16,19H,11-12,15H2,1-5H3/t16-,19?,24+/m1/s1. The van der Waals surface area contributed by atoms with Crippen molar-refractivity contribution in [1.29, 1.82) is 0 Å². The Morgan fingerprint density at radius 2 is 1.88 bits per heavy atom. The lowest BCUT2D eigenvalue weighted by Gasteiger charge is -2.34. The molecule has 0 spiro atoms. The highest BCUT2D eigenvalue weighted by atomic mass is 19.4. The van der Waals surface area contributed by atoms with Crippen molar-refractivity contribution in [2.24, 2.45) is 5.92 Å². The van der Waals surface area contributed by atoms with Crippen LogP contribution in [0.5, 0.6) is 0 Å². The number of rotatable bonds is 7. The van der Waals surface area contributed by atoms with E-state index in [0.29, 0.717) is 12.8 Å². The molecule has 0 amide bonds. The lowest BCUT2D eigenvalue weighted by atomic mass is 9.76. The van der Waals surface area contributed by atoms with Crippen molar-refractivity contribution in [3.8, 4) is 0 Å². The van der Waals surface area contributed by atoms with Gasteiger partial charge < -0.3 is 9.47 Å². The highest BCUT2D eigenvalue weighted by Crippen LogP contribution is 2.46. The van der Waals surface area contributed by atoms with Crippen molar-refractivity contribution in [3.05, 3.63) is 65.0 Å². The van der Waals surface area contributed by atoms with Crippen LogP contribution < -0.4 is 0 Å². The monoisotopic (exact) mass is 449 g/mol. The van der Waals surface area contributed by atoms with Gasteiger partial charge in [-0.2, -0.15) is 13.2 Å². The topological polar surface area (TPSA) is 48.4 Å². The van der Waals surface area contributed by atoms with Gasteiger partial charge in [-0.1, -0.05) is 44.2 Å². The number of benzene rings is 1. The number of hydrogen-bond acceptors (Lipinski definition) is 4. The zero-order valence-electron chi connectivity index (χ0n) is 19.1. The van der Waals surface area contributed by atoms with E-state index in [-0.39, 0.29) is 16.9 Å². The fraction of sp³-hybridized carbons (Fsp3) is 0.520. The van der Waals surface area contributed by atoms with E-state index < -0.39 is 23.9 Å². The molecule has 1 aromatic carbocycles. The predicted octanol–water partition coefficient (Wildman–Crippen LogP) is 5.66. The number of aromatic nitrogens is 1. The number of hydrogen-bond donors (Lipinski definition) is 0. The summed E-state index contributed by atoms with van der Waals surface area (Å²) in [5, 5.41) is 0. The van der Waals surface area contributed by atoms with Crippen LogP contribution in [0.25, 0.3) is 0 Å². The molecule has 0 fully saturated rings. The number of carbonyl (C=O) groups excluding carboxylic acids is 1. The summed E-state index contributed by atoms with van der Waals surface area (Å²) in [5.74, 6) is -1.16. The number of pyridine rings is 1. The smallest absolute Gasteiger partial charge is 0.432 e. The van der Waals surface area contributed by atoms with Gasteiger partial charge in [0.1, 0.15) is 0 Å². The second-order valence-electron chi connectivity index (χ2n) is 9.09. The molecule has 0 saturated heterocycles. The maximum absolute atomic E-state index is 14.1. The van der Waals surface area contributed by atoms with Crippen LogP contribution in [-0.4, -0.2) is 30.3 Å². The largest absolute Gasteiger partial charge is 0.460 e. The van der Waals surface area contributed by atoms with Gasteiger partial charge in [-0.3, -0.25) is 4.98 Å². The van der Waals surface area contributed by atoms with Crippen molar-refractivity contribution in [2.75, 3.05) is 7.11 Å². The molecule has 3 rings (SSSR count). The van der Waals surface area contributed by atoms with Gasteiger partial charge in [-0.15, -0.1) is 0 Å². The number of carbonyl (C=O) groups is 1. The van der Waals surface area contributed by atoms with E-state index >= 15 is 0 Å². The first kappa shape index (κ1) is 24.2. The summed E-state index contributed by atoms with van der Waals surface area (Å²) in [5.41, 5.74) is -0.0309. The van der Waals surface area contributed by atoms with Gasteiger partial charge in [-0.05, 0) is 61.6 Å². The van der Waals surface area contributed by atoms with E-state index in [0.717, 1.165) is 19.2 Å². The Kier molecular flexibility index (Phi) is 6.70. The van der Waals surface area contributed by atoms with E-state index in [1.165, 1.54) is 35.4 Å². The molecule has 0 aliphatic heterocycles. The third-order valence-corrected chi connectivity index (χ3v) is 6.84. The Morgan fingerprint density at radius 3 is 2.44 bits per heavy atom. The van der Waals surface area contributed by atoms with Crippen molar-refractivity contribution in [1.82, 2.24) is 4.98 Å². The van der Waals surface area contributed by atoms with Crippen LogP contribution in [0.2, 0.25) is 0 Å². The van der Waals surface area contributed by atoms with Gasteiger partial charge in [0.2, 0.25) is 0 Å². The molecule has 7 heteroatoms. The molecule has 1 unspecified atom stereocenters. The minimum atomic E-state index is -4.97. The number of methoxy groups -OCH3 is 1. The predicted molar refractivity (Wildman–Crippen MR) is 115 cm³/mol. The van der Waals surface area contributed by atoms with Gasteiger partial charge >= 0.3 is 12.1 Å². The highest BCUT2D eigenvalue weighted by Gasteiger charge is 2.64. The minimum absolute atomic E-state index is 0.0843. The summed E-state index contributed by atoms with van der Waals surface area (Å²) in [6.45, 7) is 7.97. The zero-order valence-corrected chi connectivity index (χ0v) is 19.1. The van der Waals surface area contributed by atoms with E-state index in [1.807, 2.05) is 19.2 Å². The molecule has 0 bridgehead atoms. The fourth-order valence-electron chi connectivity index (χ4n) is 4.79. The molecule has 1 aliphatic carbocycles. The lowest BCUT2D eigenvalue weighted by molar-refractivity contribution is -0.278. The Bertz CT molecular complexity index is 959. The molecule has 0 radical (unpaired) electrons. The number of esters is 1. The van der Waals surface area contributed by atoms with Crippen LogP contribution in [0.1, 0.15) is 56.0 Å². The summed E-state index contributed by atoms with van der Waals surface area (Å²) in [6, 6.07) is 8.92. The van der Waals surface area contributed by atoms with E-state index in [9.17, 15) is 18.0 Å². The molecule has 4 nitrogen and oxygen atoms in total. The Morgan fingerprint density at radius 1 is 1.22 bits per heavy atom. The first-order valence-electron chi connectivity index (χ1n) is 10.8. The fourth-order valence-corrected chi connectivity index (χ4v) is 4.79. The number of fused-ring (bicyclic) bond motifs is 1. The third kappa shape index (κ3) is 4.15. The molecule has 32 heavy (non-hydrogen) atoms. The summed E-state index contributed by atoms with van der Waals surface area (Å²) in [4.78, 5) is 17.2. The Balaban J connectivity index is 1.72. The maximum Gasteiger partial charge on any atom is 0.432 e. The van der Waals surface area contributed by atoms with Crippen molar-refractivity contribution in [3.63, 3.8) is 0 Å². The summed E-state index contributed by atoms with van der Waals surface area (Å²) < 4.78 is 52.3. The van der Waals surface area contributed by atoms with E-state index in [1.54, 1.807) is 13.0 Å². The van der Waals surface area contributed by atoms with Crippen LogP contribution >= 0.6 is 0 Å². The number of aryl methyl sites for hydroxylation is 1. The van der Waals surface area contributed by atoms with Crippen LogP contribution in [-0.2, 0) is 31.7 Å². The molecule has 3 atom stereocenters. The molecule has 1 aliphatic rings. The number of alkyl halides is 3. The molecule has 2 aromatic rings. The SMILES string of the molecule is CO[C@](C(=O)O[C@H](C)CCC1Cc2c(ccnc2C)C1(C)C)(c1ccccc1)C(F)(F)F. The van der Waals surface area contributed by atoms with Crippen LogP contribution in [0, 0.1) is 12.8 Å². The van der Waals surface area contributed by atoms with Crippen LogP contribution in [0.4, 0.5) is 13.2 Å². The van der Waals surface area contributed by atoms with Crippen LogP contribution in [0.3, 0.4) is 0 Å². The van der Waals surface area contributed by atoms with E-state index in [2.05, 4.69) is 18.8 Å². The molecular formula is C25H30F3NO3. The summed E-state index contributed by atoms with van der Waals surface area (Å²) >= 11 is 0. The lowest BCUT2D eigenvalue weighted by Crippen LogP contribution is -2.52. The Labute approximate surface area is 187 Å². The first-order valence-corrected chi connectivity index (χ1v) is 10.8. The van der Waals surface area contributed by atoms with Gasteiger partial charge in [-0.25, -0.2) is 4.79 Å². The Hall–Kier alpha value is -2.41. The van der Waals surface area contributed by atoms with Gasteiger partial charge in [0, 0.05) is 24.6 Å². The normalized spacial score (nSPS) is 20.3. The van der Waals surface area contributed by atoms with Crippen molar-refractivity contribution >= 4 is 5.97 Å². The zero-order chi connectivity index (χ0) is 23.7. The van der Waals surface area contributed by atoms with Gasteiger partial charge in [0.15, 0.2) is 0 Å². The quantitative estimate of drug-likeness (QED) is 0.512. The number of ether oxygens (including phenoxy) is 2. The van der Waals surface area contributed by atoms with Gasteiger partial charge in [0.25, 0.3) is 5.60 Å². The maximum atomic E-state index is 14.1. The number of nitrogens with zero attached hydrogens (tertiary/aromatic N) is 1. The molecular weight excluding hydrogens is 419 g/mol. The second-order valence-corrected chi connectivity index (χ2v) is 9.09. The second kappa shape index (κ2) is 8.85. The first-order chi connectivity index (χ1) is 14.9. The molecule has 1 heterocycles. The van der Waals surface area contributed by atoms with Crippen molar-refractivity contribution in [2.45, 2.75) is 70.3 Å². The van der Waals surface area contributed by atoms with Crippen LogP contribution in [0.15, 0.2) is 42.6 Å². The molecule has 0 saturated carbocycles. The van der Waals surface area contributed by atoms with Crippen molar-refractivity contribution < 1.29 is 27.4 Å². The average molecular weight is 450 g/mol. The average Bonchev–Trinajstić information content (AvgIpc) is 2.98. The molecule has 0 N–H and O–H groups in total. The molecule has 174 valence electrons. The third-order valence-electron chi connectivity index (χ3n) is 6.84.